The maximum absolute atomic E-state index is 11.6. The fraction of sp³-hybridized carbons (Fsp3) is 0.375. The summed E-state index contributed by atoms with van der Waals surface area (Å²) >= 11 is 5.85. The van der Waals surface area contributed by atoms with Crippen LogP contribution in [0.5, 0.6) is 0 Å². The van der Waals surface area contributed by atoms with E-state index in [-0.39, 0.29) is 12.3 Å². The van der Waals surface area contributed by atoms with E-state index in [0.717, 1.165) is 24.8 Å². The lowest BCUT2D eigenvalue weighted by Crippen LogP contribution is -2.21. The molecule has 0 spiro atoms. The minimum absolute atomic E-state index is 0.138. The Labute approximate surface area is 129 Å². The highest BCUT2D eigenvalue weighted by Gasteiger charge is 1.98. The number of halogens is 1. The lowest BCUT2D eigenvalue weighted by Gasteiger charge is -2.02. The van der Waals surface area contributed by atoms with Crippen LogP contribution in [-0.4, -0.2) is 23.5 Å². The quantitative estimate of drug-likeness (QED) is 0.542. The third-order valence-corrected chi connectivity index (χ3v) is 3.13. The number of nitrogens with one attached hydrogen (secondary N) is 1. The summed E-state index contributed by atoms with van der Waals surface area (Å²) in [7, 11) is 0. The van der Waals surface area contributed by atoms with Crippen molar-refractivity contribution in [3.63, 3.8) is 0 Å². The van der Waals surface area contributed by atoms with Gasteiger partial charge in [0.1, 0.15) is 0 Å². The summed E-state index contributed by atoms with van der Waals surface area (Å²) in [5.41, 5.74) is 0.881. The van der Waals surface area contributed by atoms with Crippen LogP contribution in [0.15, 0.2) is 30.3 Å². The molecule has 21 heavy (non-hydrogen) atoms. The second-order valence-electron chi connectivity index (χ2n) is 4.74. The maximum atomic E-state index is 11.6. The topological polar surface area (TPSA) is 66.4 Å². The van der Waals surface area contributed by atoms with E-state index in [1.54, 1.807) is 18.2 Å². The molecule has 0 bridgehead atoms. The molecule has 1 aromatic rings. The first-order valence-electron chi connectivity index (χ1n) is 7.01. The Morgan fingerprint density at radius 1 is 1.19 bits per heavy atom. The Hall–Kier alpha value is -1.81. The molecule has 0 aliphatic carbocycles. The Morgan fingerprint density at radius 3 is 2.67 bits per heavy atom. The zero-order chi connectivity index (χ0) is 15.5. The summed E-state index contributed by atoms with van der Waals surface area (Å²) in [4.78, 5) is 21.9. The number of carbonyl (C=O) groups excluding carboxylic acids is 1. The number of aliphatic carboxylic acids is 1. The Morgan fingerprint density at radius 2 is 1.95 bits per heavy atom. The van der Waals surface area contributed by atoms with Crippen molar-refractivity contribution < 1.29 is 14.7 Å². The number of hydrogen-bond acceptors (Lipinski definition) is 2. The minimum Gasteiger partial charge on any atom is -0.481 e. The lowest BCUT2D eigenvalue weighted by atomic mass is 10.1. The molecule has 5 heteroatoms. The second kappa shape index (κ2) is 10.00. The first-order chi connectivity index (χ1) is 10.1. The summed E-state index contributed by atoms with van der Waals surface area (Å²) < 4.78 is 0. The van der Waals surface area contributed by atoms with E-state index >= 15 is 0 Å². The number of carboxylic acids is 1. The van der Waals surface area contributed by atoms with Crippen molar-refractivity contribution >= 4 is 29.6 Å². The fourth-order valence-electron chi connectivity index (χ4n) is 1.81. The summed E-state index contributed by atoms with van der Waals surface area (Å²) in [6.45, 7) is 0.603. The smallest absolute Gasteiger partial charge is 0.303 e. The van der Waals surface area contributed by atoms with Gasteiger partial charge in [-0.15, -0.1) is 0 Å². The van der Waals surface area contributed by atoms with Gasteiger partial charge in [0.05, 0.1) is 0 Å². The predicted octanol–water partition coefficient (Wildman–Crippen LogP) is 3.50. The molecule has 0 aliphatic heterocycles. The van der Waals surface area contributed by atoms with Crippen LogP contribution in [0, 0.1) is 0 Å². The summed E-state index contributed by atoms with van der Waals surface area (Å²) in [6.07, 6.45) is 6.76. The third kappa shape index (κ3) is 8.87. The van der Waals surface area contributed by atoms with Gasteiger partial charge in [-0.1, -0.05) is 36.6 Å². The molecule has 4 nitrogen and oxygen atoms in total. The maximum Gasteiger partial charge on any atom is 0.303 e. The van der Waals surface area contributed by atoms with Crippen molar-refractivity contribution in [2.75, 3.05) is 6.54 Å². The van der Waals surface area contributed by atoms with E-state index in [1.807, 2.05) is 12.1 Å². The average Bonchev–Trinajstić information content (AvgIpc) is 2.44. The van der Waals surface area contributed by atoms with Gasteiger partial charge in [0.15, 0.2) is 0 Å². The van der Waals surface area contributed by atoms with Crippen LogP contribution in [-0.2, 0) is 9.59 Å². The van der Waals surface area contributed by atoms with Crippen molar-refractivity contribution in [1.82, 2.24) is 5.32 Å². The van der Waals surface area contributed by atoms with E-state index in [1.165, 1.54) is 6.08 Å². The van der Waals surface area contributed by atoms with Crippen molar-refractivity contribution in [3.8, 4) is 0 Å². The molecule has 1 amide bonds. The molecule has 114 valence electrons. The van der Waals surface area contributed by atoms with Crippen molar-refractivity contribution in [2.45, 2.75) is 32.1 Å². The van der Waals surface area contributed by atoms with Crippen LogP contribution >= 0.6 is 11.6 Å². The zero-order valence-electron chi connectivity index (χ0n) is 11.8. The van der Waals surface area contributed by atoms with Crippen LogP contribution in [0.3, 0.4) is 0 Å². The molecule has 0 saturated heterocycles. The third-order valence-electron chi connectivity index (χ3n) is 2.89. The van der Waals surface area contributed by atoms with Crippen LogP contribution in [0.2, 0.25) is 5.02 Å². The van der Waals surface area contributed by atoms with Gasteiger partial charge in [-0.3, -0.25) is 9.59 Å². The molecule has 1 aromatic carbocycles. The fourth-order valence-corrected chi connectivity index (χ4v) is 2.01. The Bertz CT molecular complexity index is 500. The van der Waals surface area contributed by atoms with Crippen molar-refractivity contribution in [1.29, 1.82) is 0 Å². The largest absolute Gasteiger partial charge is 0.481 e. The molecule has 0 atom stereocenters. The molecular weight excluding hydrogens is 290 g/mol. The number of benzene rings is 1. The number of carboxylic acid groups (broad SMARTS) is 1. The number of hydrogen-bond donors (Lipinski definition) is 2. The summed E-state index contributed by atoms with van der Waals surface area (Å²) in [5.74, 6) is -0.894. The lowest BCUT2D eigenvalue weighted by molar-refractivity contribution is -0.137. The highest BCUT2D eigenvalue weighted by atomic mass is 35.5. The first kappa shape index (κ1) is 17.2. The summed E-state index contributed by atoms with van der Waals surface area (Å²) in [5, 5.41) is 11.9. The van der Waals surface area contributed by atoms with Gasteiger partial charge in [0.25, 0.3) is 0 Å². The average molecular weight is 310 g/mol. The van der Waals surface area contributed by atoms with Gasteiger partial charge in [-0.25, -0.2) is 0 Å². The zero-order valence-corrected chi connectivity index (χ0v) is 12.6. The standard InChI is InChI=1S/C16H20ClNO3/c17-14-7-5-6-13(12-14)9-10-15(19)18-11-4-2-1-3-8-16(20)21/h5-7,9-10,12H,1-4,8,11H2,(H,18,19)(H,20,21)/b10-9+. The Kier molecular flexibility index (Phi) is 8.21. The SMILES string of the molecule is O=C(O)CCCCCCNC(=O)/C=C/c1cccc(Cl)c1. The van der Waals surface area contributed by atoms with E-state index in [9.17, 15) is 9.59 Å². The number of amides is 1. The highest BCUT2D eigenvalue weighted by Crippen LogP contribution is 2.11. The van der Waals surface area contributed by atoms with Crippen LogP contribution in [0.1, 0.15) is 37.7 Å². The molecule has 0 saturated carbocycles. The molecular formula is C16H20ClNO3. The van der Waals surface area contributed by atoms with Crippen LogP contribution < -0.4 is 5.32 Å². The van der Waals surface area contributed by atoms with Crippen molar-refractivity contribution in [3.05, 3.63) is 40.9 Å². The summed E-state index contributed by atoms with van der Waals surface area (Å²) in [6, 6.07) is 7.27. The highest BCUT2D eigenvalue weighted by molar-refractivity contribution is 6.30. The van der Waals surface area contributed by atoms with E-state index in [2.05, 4.69) is 5.32 Å². The molecule has 0 heterocycles. The van der Waals surface area contributed by atoms with E-state index in [4.69, 9.17) is 16.7 Å². The van der Waals surface area contributed by atoms with Gasteiger partial charge in [-0.05, 0) is 36.6 Å². The number of rotatable bonds is 9. The normalized spacial score (nSPS) is 10.7. The number of carbonyl (C=O) groups is 2. The van der Waals surface area contributed by atoms with E-state index in [0.29, 0.717) is 18.0 Å². The molecule has 0 aliphatic rings. The molecule has 2 N–H and O–H groups in total. The van der Waals surface area contributed by atoms with Crippen LogP contribution in [0.25, 0.3) is 6.08 Å². The van der Waals surface area contributed by atoms with E-state index < -0.39 is 5.97 Å². The number of unbranched alkanes of at least 4 members (excludes halogenated alkanes) is 3. The van der Waals surface area contributed by atoms with Gasteiger partial charge < -0.3 is 10.4 Å². The van der Waals surface area contributed by atoms with Gasteiger partial charge in [-0.2, -0.15) is 0 Å². The van der Waals surface area contributed by atoms with Crippen molar-refractivity contribution in [2.24, 2.45) is 0 Å². The molecule has 0 radical (unpaired) electrons. The second-order valence-corrected chi connectivity index (χ2v) is 5.17. The predicted molar refractivity (Wildman–Crippen MR) is 84.2 cm³/mol. The van der Waals surface area contributed by atoms with Gasteiger partial charge >= 0.3 is 5.97 Å². The monoisotopic (exact) mass is 309 g/mol. The molecule has 0 unspecified atom stereocenters. The Balaban J connectivity index is 2.12. The molecule has 1 rings (SSSR count). The molecule has 0 aromatic heterocycles. The van der Waals surface area contributed by atoms with Gasteiger partial charge in [0.2, 0.25) is 5.91 Å². The van der Waals surface area contributed by atoms with Crippen LogP contribution in [0.4, 0.5) is 0 Å². The minimum atomic E-state index is -0.755. The van der Waals surface area contributed by atoms with Gasteiger partial charge in [0, 0.05) is 24.1 Å². The first-order valence-corrected chi connectivity index (χ1v) is 7.39. The molecule has 0 fully saturated rings.